The fourth-order valence-corrected chi connectivity index (χ4v) is 2.44. The third kappa shape index (κ3) is 4.53. The summed E-state index contributed by atoms with van der Waals surface area (Å²) in [4.78, 5) is 11.9. The highest BCUT2D eigenvalue weighted by molar-refractivity contribution is 9.10. The number of hydrogen-bond acceptors (Lipinski definition) is 4. The molecule has 5 nitrogen and oxygen atoms in total. The highest BCUT2D eigenvalue weighted by atomic mass is 79.9. The van der Waals surface area contributed by atoms with Crippen molar-refractivity contribution < 1.29 is 19.0 Å². The average molecular weight is 372 g/mol. The van der Waals surface area contributed by atoms with Crippen LogP contribution in [0.1, 0.15) is 33.6 Å². The first-order valence-electron chi connectivity index (χ1n) is 7.21. The minimum atomic E-state index is -0.507. The first kappa shape index (κ1) is 16.9. The fraction of sp³-hybridized carbons (Fsp3) is 0.562. The highest BCUT2D eigenvalue weighted by Gasteiger charge is 2.46. The van der Waals surface area contributed by atoms with Crippen LogP contribution in [0.2, 0.25) is 0 Å². The van der Waals surface area contributed by atoms with Crippen LogP contribution in [0.4, 0.5) is 4.79 Å². The SMILES string of the molecule is COc1cccc(Br)c1OCC1(NC(=O)OC(C)(C)C)CC1. The summed E-state index contributed by atoms with van der Waals surface area (Å²) in [6.07, 6.45) is 1.34. The van der Waals surface area contributed by atoms with E-state index in [0.717, 1.165) is 17.3 Å². The summed E-state index contributed by atoms with van der Waals surface area (Å²) in [5, 5.41) is 2.91. The minimum absolute atomic E-state index is 0.345. The van der Waals surface area contributed by atoms with Crippen LogP contribution in [0.15, 0.2) is 22.7 Å². The van der Waals surface area contributed by atoms with Gasteiger partial charge in [0.25, 0.3) is 0 Å². The lowest BCUT2D eigenvalue weighted by Gasteiger charge is -2.24. The number of rotatable bonds is 5. The van der Waals surface area contributed by atoms with E-state index in [9.17, 15) is 4.79 Å². The van der Waals surface area contributed by atoms with Gasteiger partial charge in [-0.1, -0.05) is 6.07 Å². The Hall–Kier alpha value is -1.43. The normalized spacial score (nSPS) is 15.9. The van der Waals surface area contributed by atoms with Gasteiger partial charge in [-0.25, -0.2) is 4.79 Å². The number of ether oxygens (including phenoxy) is 3. The second-order valence-corrected chi connectivity index (χ2v) is 7.32. The molecule has 0 aromatic heterocycles. The molecule has 0 unspecified atom stereocenters. The van der Waals surface area contributed by atoms with Gasteiger partial charge in [-0.15, -0.1) is 0 Å². The van der Waals surface area contributed by atoms with Crippen molar-refractivity contribution in [2.75, 3.05) is 13.7 Å². The van der Waals surface area contributed by atoms with Crippen molar-refractivity contribution in [1.82, 2.24) is 5.32 Å². The smallest absolute Gasteiger partial charge is 0.408 e. The number of amides is 1. The molecular weight excluding hydrogens is 350 g/mol. The summed E-state index contributed by atoms with van der Waals surface area (Å²) in [5.41, 5.74) is -0.852. The predicted octanol–water partition coefficient (Wildman–Crippen LogP) is 3.89. The van der Waals surface area contributed by atoms with E-state index in [4.69, 9.17) is 14.2 Å². The quantitative estimate of drug-likeness (QED) is 0.852. The van der Waals surface area contributed by atoms with E-state index in [-0.39, 0.29) is 5.54 Å². The maximum Gasteiger partial charge on any atom is 0.408 e. The molecular formula is C16H22BrNO4. The lowest BCUT2D eigenvalue weighted by atomic mass is 10.2. The van der Waals surface area contributed by atoms with Crippen molar-refractivity contribution in [2.24, 2.45) is 0 Å². The number of carbonyl (C=O) groups is 1. The summed E-state index contributed by atoms with van der Waals surface area (Å²) in [6, 6.07) is 5.60. The average Bonchev–Trinajstić information content (AvgIpc) is 3.14. The van der Waals surface area contributed by atoms with Gasteiger partial charge in [-0.2, -0.15) is 0 Å². The van der Waals surface area contributed by atoms with Gasteiger partial charge in [0, 0.05) is 0 Å². The zero-order valence-corrected chi connectivity index (χ0v) is 15.0. The monoisotopic (exact) mass is 371 g/mol. The zero-order valence-electron chi connectivity index (χ0n) is 13.4. The Bertz CT molecular complexity index is 550. The molecule has 0 aliphatic heterocycles. The Morgan fingerprint density at radius 2 is 2.05 bits per heavy atom. The van der Waals surface area contributed by atoms with E-state index in [2.05, 4.69) is 21.2 Å². The Morgan fingerprint density at radius 1 is 1.36 bits per heavy atom. The molecule has 0 spiro atoms. The molecule has 22 heavy (non-hydrogen) atoms. The second kappa shape index (κ2) is 6.36. The van der Waals surface area contributed by atoms with Crippen LogP contribution >= 0.6 is 15.9 Å². The van der Waals surface area contributed by atoms with Crippen LogP contribution in [0.3, 0.4) is 0 Å². The van der Waals surface area contributed by atoms with Crippen molar-refractivity contribution in [2.45, 2.75) is 44.8 Å². The van der Waals surface area contributed by atoms with Crippen LogP contribution in [-0.2, 0) is 4.74 Å². The first-order valence-corrected chi connectivity index (χ1v) is 8.00. The van der Waals surface area contributed by atoms with Crippen LogP contribution in [0.25, 0.3) is 0 Å². The molecule has 1 fully saturated rings. The number of benzene rings is 1. The molecule has 1 saturated carbocycles. The van der Waals surface area contributed by atoms with Crippen molar-refractivity contribution in [3.63, 3.8) is 0 Å². The summed E-state index contributed by atoms with van der Waals surface area (Å²) < 4.78 is 17.3. The molecule has 1 amide bonds. The van der Waals surface area contributed by atoms with Gasteiger partial charge in [0.15, 0.2) is 11.5 Å². The van der Waals surface area contributed by atoms with Crippen LogP contribution in [-0.4, -0.2) is 30.9 Å². The number of para-hydroxylation sites is 1. The summed E-state index contributed by atoms with van der Waals surface area (Å²) in [7, 11) is 1.60. The van der Waals surface area contributed by atoms with Crippen molar-refractivity contribution in [3.05, 3.63) is 22.7 Å². The number of hydrogen-bond donors (Lipinski definition) is 1. The van der Waals surface area contributed by atoms with Crippen LogP contribution in [0, 0.1) is 0 Å². The van der Waals surface area contributed by atoms with Crippen LogP contribution in [0.5, 0.6) is 11.5 Å². The Morgan fingerprint density at radius 3 is 2.59 bits per heavy atom. The molecule has 1 aliphatic carbocycles. The van der Waals surface area contributed by atoms with Gasteiger partial charge >= 0.3 is 6.09 Å². The Balaban J connectivity index is 1.96. The standard InChI is InChI=1S/C16H22BrNO4/c1-15(2,3)22-14(19)18-16(8-9-16)10-21-13-11(17)6-5-7-12(13)20-4/h5-7H,8-10H2,1-4H3,(H,18,19). The van der Waals surface area contributed by atoms with Crippen molar-refractivity contribution in [3.8, 4) is 11.5 Å². The molecule has 1 aromatic carbocycles. The number of alkyl carbamates (subject to hydrolysis) is 1. The van der Waals surface area contributed by atoms with E-state index in [1.165, 1.54) is 0 Å². The van der Waals surface area contributed by atoms with Gasteiger partial charge in [-0.05, 0) is 61.7 Å². The lowest BCUT2D eigenvalue weighted by Crippen LogP contribution is -2.44. The molecule has 0 radical (unpaired) electrons. The molecule has 0 saturated heterocycles. The molecule has 0 atom stereocenters. The molecule has 0 heterocycles. The highest BCUT2D eigenvalue weighted by Crippen LogP contribution is 2.40. The first-order chi connectivity index (χ1) is 10.2. The molecule has 122 valence electrons. The topological polar surface area (TPSA) is 56.8 Å². The molecule has 6 heteroatoms. The molecule has 1 N–H and O–H groups in total. The number of methoxy groups -OCH3 is 1. The summed E-state index contributed by atoms with van der Waals surface area (Å²) >= 11 is 3.45. The summed E-state index contributed by atoms with van der Waals surface area (Å²) in [6.45, 7) is 5.91. The van der Waals surface area contributed by atoms with E-state index < -0.39 is 11.7 Å². The van der Waals surface area contributed by atoms with Gasteiger partial charge in [-0.3, -0.25) is 0 Å². The van der Waals surface area contributed by atoms with Crippen molar-refractivity contribution >= 4 is 22.0 Å². The fourth-order valence-electron chi connectivity index (χ4n) is 1.98. The maximum atomic E-state index is 11.9. The number of carbonyl (C=O) groups excluding carboxylic acids is 1. The number of halogens is 1. The zero-order chi connectivity index (χ0) is 16.4. The minimum Gasteiger partial charge on any atom is -0.493 e. The Labute approximate surface area is 139 Å². The third-order valence-corrected chi connectivity index (χ3v) is 3.89. The van der Waals surface area contributed by atoms with E-state index in [1.807, 2.05) is 39.0 Å². The molecule has 2 rings (SSSR count). The maximum absolute atomic E-state index is 11.9. The van der Waals surface area contributed by atoms with Gasteiger partial charge in [0.1, 0.15) is 12.2 Å². The van der Waals surface area contributed by atoms with Crippen LogP contribution < -0.4 is 14.8 Å². The van der Waals surface area contributed by atoms with E-state index >= 15 is 0 Å². The predicted molar refractivity (Wildman–Crippen MR) is 87.5 cm³/mol. The van der Waals surface area contributed by atoms with Gasteiger partial charge in [0.05, 0.1) is 17.1 Å². The third-order valence-electron chi connectivity index (χ3n) is 3.26. The molecule has 0 bridgehead atoms. The molecule has 1 aliphatic rings. The van der Waals surface area contributed by atoms with E-state index in [1.54, 1.807) is 7.11 Å². The molecule has 1 aromatic rings. The van der Waals surface area contributed by atoms with Gasteiger partial charge < -0.3 is 19.5 Å². The largest absolute Gasteiger partial charge is 0.493 e. The Kier molecular flexibility index (Phi) is 4.90. The van der Waals surface area contributed by atoms with Gasteiger partial charge in [0.2, 0.25) is 0 Å². The van der Waals surface area contributed by atoms with Crippen molar-refractivity contribution in [1.29, 1.82) is 0 Å². The van der Waals surface area contributed by atoms with E-state index in [0.29, 0.717) is 18.1 Å². The lowest BCUT2D eigenvalue weighted by molar-refractivity contribution is 0.0476. The summed E-state index contributed by atoms with van der Waals surface area (Å²) in [5.74, 6) is 1.30. The second-order valence-electron chi connectivity index (χ2n) is 6.47. The number of nitrogens with one attached hydrogen (secondary N) is 1.